The molecule has 5 nitrogen and oxygen atoms in total. The number of aliphatic hydroxyl groups is 1. The van der Waals surface area contributed by atoms with Crippen molar-refractivity contribution < 1.29 is 32.9 Å². The Morgan fingerprint density at radius 2 is 2.24 bits per heavy atom. The fraction of sp³-hybridized carbons (Fsp3) is 0.900. The molecule has 0 spiro atoms. The van der Waals surface area contributed by atoms with E-state index in [1.54, 1.807) is 13.8 Å². The number of carbonyl (C=O) groups is 1. The van der Waals surface area contributed by atoms with E-state index in [1.807, 2.05) is 0 Å². The highest BCUT2D eigenvalue weighted by atomic mass is 19.3. The van der Waals surface area contributed by atoms with Crippen LogP contribution in [0.4, 0.5) is 8.78 Å². The van der Waals surface area contributed by atoms with Crippen LogP contribution in [0.3, 0.4) is 0 Å². The Labute approximate surface area is 97.6 Å². The molecule has 0 radical (unpaired) electrons. The predicted molar refractivity (Wildman–Crippen MR) is 52.5 cm³/mol. The smallest absolute Gasteiger partial charge is 0.380 e. The molecule has 1 N–H and O–H groups in total. The van der Waals surface area contributed by atoms with Gasteiger partial charge < -0.3 is 19.3 Å². The third-order valence-corrected chi connectivity index (χ3v) is 2.21. The van der Waals surface area contributed by atoms with E-state index in [2.05, 4.69) is 4.74 Å². The van der Waals surface area contributed by atoms with Gasteiger partial charge in [-0.3, -0.25) is 0 Å². The van der Waals surface area contributed by atoms with E-state index in [0.717, 1.165) is 0 Å². The van der Waals surface area contributed by atoms with Gasteiger partial charge in [0.2, 0.25) is 0 Å². The van der Waals surface area contributed by atoms with Crippen molar-refractivity contribution in [1.29, 1.82) is 0 Å². The molecule has 0 aromatic heterocycles. The average molecular weight is 254 g/mol. The average Bonchev–Trinajstić information content (AvgIpc) is 2.58. The van der Waals surface area contributed by atoms with E-state index in [-0.39, 0.29) is 13.2 Å². The SMILES string of the molecule is CCOC(=O)C(F)(F)C(O)C1OCC(C)(C)O1. The second kappa shape index (κ2) is 4.83. The Morgan fingerprint density at radius 1 is 1.65 bits per heavy atom. The van der Waals surface area contributed by atoms with Gasteiger partial charge in [-0.25, -0.2) is 4.79 Å². The van der Waals surface area contributed by atoms with E-state index in [0.29, 0.717) is 0 Å². The van der Waals surface area contributed by atoms with E-state index >= 15 is 0 Å². The van der Waals surface area contributed by atoms with Crippen molar-refractivity contribution >= 4 is 5.97 Å². The summed E-state index contributed by atoms with van der Waals surface area (Å²) in [6.07, 6.45) is -3.92. The molecular formula is C10H16F2O5. The molecule has 1 heterocycles. The van der Waals surface area contributed by atoms with Gasteiger partial charge in [-0.05, 0) is 20.8 Å². The minimum absolute atomic E-state index is 0.0631. The van der Waals surface area contributed by atoms with Crippen molar-refractivity contribution in [2.45, 2.75) is 44.7 Å². The maximum atomic E-state index is 13.4. The zero-order valence-electron chi connectivity index (χ0n) is 9.91. The summed E-state index contributed by atoms with van der Waals surface area (Å²) in [7, 11) is 0. The molecule has 0 aromatic carbocycles. The lowest BCUT2D eigenvalue weighted by Crippen LogP contribution is -2.49. The summed E-state index contributed by atoms with van der Waals surface area (Å²) >= 11 is 0. The van der Waals surface area contributed by atoms with Crippen molar-refractivity contribution in [3.05, 3.63) is 0 Å². The van der Waals surface area contributed by atoms with Crippen molar-refractivity contribution in [3.8, 4) is 0 Å². The van der Waals surface area contributed by atoms with E-state index in [9.17, 15) is 18.7 Å². The minimum atomic E-state index is -4.05. The minimum Gasteiger partial charge on any atom is -0.461 e. The Hall–Kier alpha value is -0.790. The number of ether oxygens (including phenoxy) is 3. The zero-order chi connectivity index (χ0) is 13.3. The Morgan fingerprint density at radius 3 is 2.65 bits per heavy atom. The fourth-order valence-corrected chi connectivity index (χ4v) is 1.34. The summed E-state index contributed by atoms with van der Waals surface area (Å²) in [4.78, 5) is 11.0. The zero-order valence-corrected chi connectivity index (χ0v) is 9.91. The van der Waals surface area contributed by atoms with Crippen LogP contribution < -0.4 is 0 Å². The van der Waals surface area contributed by atoms with Crippen LogP contribution in [0.1, 0.15) is 20.8 Å². The van der Waals surface area contributed by atoms with E-state index in [4.69, 9.17) is 9.47 Å². The lowest BCUT2D eigenvalue weighted by atomic mass is 10.1. The maximum absolute atomic E-state index is 13.4. The molecule has 2 atom stereocenters. The fourth-order valence-electron chi connectivity index (χ4n) is 1.34. The van der Waals surface area contributed by atoms with Crippen LogP contribution in [-0.2, 0) is 19.0 Å². The summed E-state index contributed by atoms with van der Waals surface area (Å²) in [5.74, 6) is -5.84. The molecule has 1 aliphatic rings. The summed E-state index contributed by atoms with van der Waals surface area (Å²) in [5.41, 5.74) is -0.767. The van der Waals surface area contributed by atoms with Crippen LogP contribution in [-0.4, -0.2) is 48.2 Å². The highest BCUT2D eigenvalue weighted by molar-refractivity contribution is 5.78. The molecule has 17 heavy (non-hydrogen) atoms. The molecule has 1 aliphatic heterocycles. The van der Waals surface area contributed by atoms with Crippen molar-refractivity contribution in [3.63, 3.8) is 0 Å². The van der Waals surface area contributed by atoms with Gasteiger partial charge >= 0.3 is 11.9 Å². The Balaban J connectivity index is 2.69. The molecule has 0 bridgehead atoms. The van der Waals surface area contributed by atoms with Crippen molar-refractivity contribution in [1.82, 2.24) is 0 Å². The van der Waals surface area contributed by atoms with Crippen LogP contribution in [0, 0.1) is 0 Å². The largest absolute Gasteiger partial charge is 0.461 e. The van der Waals surface area contributed by atoms with Crippen LogP contribution >= 0.6 is 0 Å². The number of carbonyl (C=O) groups excluding carboxylic acids is 1. The molecule has 0 amide bonds. The van der Waals surface area contributed by atoms with E-state index in [1.165, 1.54) is 6.92 Å². The third-order valence-electron chi connectivity index (χ3n) is 2.21. The first-order valence-electron chi connectivity index (χ1n) is 5.23. The van der Waals surface area contributed by atoms with Crippen LogP contribution in [0.15, 0.2) is 0 Å². The van der Waals surface area contributed by atoms with Crippen molar-refractivity contribution in [2.75, 3.05) is 13.2 Å². The number of aliphatic hydroxyl groups excluding tert-OH is 1. The molecule has 1 fully saturated rings. The Bertz CT molecular complexity index is 292. The number of hydrogen-bond donors (Lipinski definition) is 1. The highest BCUT2D eigenvalue weighted by Gasteiger charge is 2.55. The van der Waals surface area contributed by atoms with Gasteiger partial charge in [-0.1, -0.05) is 0 Å². The lowest BCUT2D eigenvalue weighted by molar-refractivity contribution is -0.231. The van der Waals surface area contributed by atoms with Gasteiger partial charge in [0.05, 0.1) is 18.8 Å². The van der Waals surface area contributed by atoms with E-state index < -0.39 is 29.9 Å². The predicted octanol–water partition coefficient (Wildman–Crippen LogP) is 0.697. The summed E-state index contributed by atoms with van der Waals surface area (Å²) < 4.78 is 41.0. The van der Waals surface area contributed by atoms with Crippen LogP contribution in [0.5, 0.6) is 0 Å². The lowest BCUT2D eigenvalue weighted by Gasteiger charge is -2.25. The van der Waals surface area contributed by atoms with Crippen molar-refractivity contribution in [2.24, 2.45) is 0 Å². The molecule has 1 saturated heterocycles. The van der Waals surface area contributed by atoms with Gasteiger partial charge in [0.15, 0.2) is 12.4 Å². The molecule has 1 rings (SSSR count). The normalized spacial score (nSPS) is 25.6. The van der Waals surface area contributed by atoms with Gasteiger partial charge in [-0.15, -0.1) is 0 Å². The summed E-state index contributed by atoms with van der Waals surface area (Å²) in [6, 6.07) is 0. The highest BCUT2D eigenvalue weighted by Crippen LogP contribution is 2.31. The van der Waals surface area contributed by atoms with Gasteiger partial charge in [0.25, 0.3) is 0 Å². The molecule has 100 valence electrons. The molecular weight excluding hydrogens is 238 g/mol. The third kappa shape index (κ3) is 3.11. The topological polar surface area (TPSA) is 65.0 Å². The van der Waals surface area contributed by atoms with Gasteiger partial charge in [0, 0.05) is 0 Å². The van der Waals surface area contributed by atoms with Crippen LogP contribution in [0.25, 0.3) is 0 Å². The Kier molecular flexibility index (Phi) is 4.06. The monoisotopic (exact) mass is 254 g/mol. The number of esters is 1. The number of alkyl halides is 2. The quantitative estimate of drug-likeness (QED) is 0.748. The first-order valence-corrected chi connectivity index (χ1v) is 5.23. The molecule has 0 aromatic rings. The molecule has 0 aliphatic carbocycles. The first-order chi connectivity index (χ1) is 7.70. The first kappa shape index (κ1) is 14.3. The molecule has 2 unspecified atom stereocenters. The number of halogens is 2. The summed E-state index contributed by atoms with van der Waals surface area (Å²) in [6.45, 7) is 4.52. The second-order valence-electron chi connectivity index (χ2n) is 4.35. The number of rotatable bonds is 4. The van der Waals surface area contributed by atoms with Crippen LogP contribution in [0.2, 0.25) is 0 Å². The number of hydrogen-bond acceptors (Lipinski definition) is 5. The maximum Gasteiger partial charge on any atom is 0.380 e. The molecule has 7 heteroatoms. The van der Waals surface area contributed by atoms with Gasteiger partial charge in [-0.2, -0.15) is 8.78 Å². The second-order valence-corrected chi connectivity index (χ2v) is 4.35. The standard InChI is InChI=1S/C10H16F2O5/c1-4-15-8(14)10(11,12)6(13)7-16-5-9(2,3)17-7/h6-7,13H,4-5H2,1-3H3. The summed E-state index contributed by atoms with van der Waals surface area (Å²) in [5, 5.41) is 9.41. The molecule has 0 saturated carbocycles. The van der Waals surface area contributed by atoms with Gasteiger partial charge in [0.1, 0.15) is 0 Å².